The number of carboxylic acid groups (broad SMARTS) is 1. The molecule has 4 aromatic heterocycles. The largest absolute Gasteiger partial charge is 0.618 e. The minimum atomic E-state index is -0.911. The highest BCUT2D eigenvalue weighted by Gasteiger charge is 2.35. The number of nitrogens with zero attached hydrogens (tertiary/aromatic N) is 7. The van der Waals surface area contributed by atoms with Crippen molar-refractivity contribution in [2.24, 2.45) is 5.73 Å². The lowest BCUT2D eigenvalue weighted by Gasteiger charge is -2.43. The van der Waals surface area contributed by atoms with E-state index in [1.54, 1.807) is 0 Å². The van der Waals surface area contributed by atoms with Gasteiger partial charge in [0.25, 0.3) is 11.1 Å². The van der Waals surface area contributed by atoms with Crippen LogP contribution in [0.3, 0.4) is 0 Å². The molecule has 0 saturated carbocycles. The molecule has 2 aliphatic heterocycles. The van der Waals surface area contributed by atoms with Crippen LogP contribution in [0, 0.1) is 22.0 Å². The van der Waals surface area contributed by atoms with Crippen LogP contribution in [0.2, 0.25) is 0 Å². The van der Waals surface area contributed by atoms with Crippen LogP contribution in [-0.4, -0.2) is 91.9 Å². The van der Waals surface area contributed by atoms with Gasteiger partial charge in [0, 0.05) is 93.3 Å². The molecule has 2 saturated heterocycles. The van der Waals surface area contributed by atoms with Gasteiger partial charge >= 0.3 is 6.09 Å². The maximum atomic E-state index is 13.7. The maximum absolute atomic E-state index is 13.7. The van der Waals surface area contributed by atoms with Crippen molar-refractivity contribution >= 4 is 53.0 Å². The second kappa shape index (κ2) is 18.3. The minimum absolute atomic E-state index is 0. The van der Waals surface area contributed by atoms with Crippen molar-refractivity contribution < 1.29 is 28.1 Å². The van der Waals surface area contributed by atoms with E-state index in [4.69, 9.17) is 5.73 Å². The van der Waals surface area contributed by atoms with Crippen molar-refractivity contribution in [2.75, 3.05) is 39.3 Å². The Balaban J connectivity index is 0.000000284. The van der Waals surface area contributed by atoms with E-state index in [0.717, 1.165) is 38.3 Å². The van der Waals surface area contributed by atoms with Crippen LogP contribution >= 0.6 is 24.8 Å². The summed E-state index contributed by atoms with van der Waals surface area (Å²) in [6.45, 7) is 10.9. The maximum Gasteiger partial charge on any atom is 0.407 e. The average Bonchev–Trinajstić information content (AvgIpc) is 3.04. The number of hydrogen-bond donors (Lipinski definition) is 2. The normalized spacial score (nSPS) is 16.0. The number of amides is 1. The molecule has 53 heavy (non-hydrogen) atoms. The van der Waals surface area contributed by atoms with Crippen molar-refractivity contribution in [3.8, 4) is 0 Å². The summed E-state index contributed by atoms with van der Waals surface area (Å²) in [5.41, 5.74) is 6.03. The zero-order valence-corrected chi connectivity index (χ0v) is 31.7. The first-order chi connectivity index (χ1) is 24.1. The fourth-order valence-corrected chi connectivity index (χ4v) is 7.05. The second-order valence-corrected chi connectivity index (χ2v) is 14.2. The van der Waals surface area contributed by atoms with Crippen LogP contribution in [0.5, 0.6) is 0 Å². The van der Waals surface area contributed by atoms with Gasteiger partial charge in [0.2, 0.25) is 23.4 Å². The van der Waals surface area contributed by atoms with Crippen molar-refractivity contribution in [2.45, 2.75) is 77.2 Å². The zero-order valence-electron chi connectivity index (χ0n) is 30.0. The standard InChI is InChI=1S/C20H27FN4O4.C15H19FN4O2.2ClH/c1-20(2,3)25(19(27)28)15-6-8-22(9-7-15)10-11-23-17-12-14(21)13-24(29)16(17)4-5-18(23)26;16-11-9-14-13(20(22)10-11)1-2-15(21)19(14)8-7-18-5-3-12(17)4-6-18;;/h4-5,12-13,15H,6-11H2,1-3H3,(H,27,28);1-2,9-10,12H,3-8,17H2;2*1H. The summed E-state index contributed by atoms with van der Waals surface area (Å²) in [7, 11) is 0. The van der Waals surface area contributed by atoms with E-state index in [1.165, 1.54) is 50.4 Å². The predicted molar refractivity (Wildman–Crippen MR) is 201 cm³/mol. The average molecular weight is 786 g/mol. The monoisotopic (exact) mass is 784 g/mol. The van der Waals surface area contributed by atoms with E-state index < -0.39 is 23.3 Å². The van der Waals surface area contributed by atoms with E-state index in [0.29, 0.717) is 72.6 Å². The Bertz CT molecular complexity index is 1990. The van der Waals surface area contributed by atoms with E-state index in [-0.39, 0.29) is 59.0 Å². The Morgan fingerprint density at radius 3 is 1.57 bits per heavy atom. The molecule has 2 fully saturated rings. The Kier molecular flexibility index (Phi) is 15.0. The van der Waals surface area contributed by atoms with Gasteiger partial charge in [-0.2, -0.15) is 9.46 Å². The van der Waals surface area contributed by atoms with Gasteiger partial charge < -0.3 is 45.1 Å². The minimum Gasteiger partial charge on any atom is -0.618 e. The molecular formula is C35H48Cl2F2N8O6. The van der Waals surface area contributed by atoms with Crippen LogP contribution < -0.4 is 26.3 Å². The summed E-state index contributed by atoms with van der Waals surface area (Å²) >= 11 is 0. The molecule has 14 nitrogen and oxygen atoms in total. The van der Waals surface area contributed by atoms with Gasteiger partial charge in [-0.05, 0) is 59.5 Å². The molecule has 6 rings (SSSR count). The molecule has 1 amide bonds. The quantitative estimate of drug-likeness (QED) is 0.211. The van der Waals surface area contributed by atoms with Crippen LogP contribution in [0.1, 0.15) is 46.5 Å². The number of nitrogens with two attached hydrogens (primary N) is 1. The summed E-state index contributed by atoms with van der Waals surface area (Å²) in [6, 6.07) is 8.14. The summed E-state index contributed by atoms with van der Waals surface area (Å²) < 4.78 is 30.9. The Hall–Kier alpha value is -4.09. The van der Waals surface area contributed by atoms with Crippen molar-refractivity contribution in [3.05, 3.63) is 91.5 Å². The fourth-order valence-electron chi connectivity index (χ4n) is 7.05. The molecule has 292 valence electrons. The van der Waals surface area contributed by atoms with Gasteiger partial charge in [-0.25, -0.2) is 13.6 Å². The predicted octanol–water partition coefficient (Wildman–Crippen LogP) is 3.06. The van der Waals surface area contributed by atoms with E-state index in [2.05, 4.69) is 9.80 Å². The molecule has 0 spiro atoms. The lowest BCUT2D eigenvalue weighted by molar-refractivity contribution is -0.579. The number of pyridine rings is 4. The van der Waals surface area contributed by atoms with Crippen LogP contribution in [0.4, 0.5) is 13.6 Å². The number of aromatic nitrogens is 4. The molecule has 0 unspecified atom stereocenters. The van der Waals surface area contributed by atoms with Crippen molar-refractivity contribution in [1.82, 2.24) is 23.8 Å². The number of halogens is 4. The number of likely N-dealkylation sites (tertiary alicyclic amines) is 2. The molecule has 0 radical (unpaired) electrons. The first-order valence-corrected chi connectivity index (χ1v) is 17.2. The lowest BCUT2D eigenvalue weighted by atomic mass is 9.97. The molecule has 3 N–H and O–H groups in total. The molecule has 0 aliphatic carbocycles. The second-order valence-electron chi connectivity index (χ2n) is 14.2. The van der Waals surface area contributed by atoms with E-state index in [9.17, 15) is 38.7 Å². The summed E-state index contributed by atoms with van der Waals surface area (Å²) in [6.07, 6.45) is 4.10. The third kappa shape index (κ3) is 10.5. The van der Waals surface area contributed by atoms with E-state index >= 15 is 0 Å². The molecule has 6 heterocycles. The highest BCUT2D eigenvalue weighted by atomic mass is 35.5. The topological polar surface area (TPSA) is 171 Å². The Labute approximate surface area is 318 Å². The third-order valence-electron chi connectivity index (χ3n) is 9.67. The van der Waals surface area contributed by atoms with Crippen LogP contribution in [-0.2, 0) is 13.1 Å². The van der Waals surface area contributed by atoms with Gasteiger partial charge in [-0.3, -0.25) is 9.59 Å². The molecule has 2 aliphatic rings. The SMILES string of the molecule is CC(C)(C)N(C(=O)O)C1CCN(CCn2c(=O)ccc3c2cc(F)c[n+]3[O-])CC1.Cl.Cl.NC1CCN(CCn2c(=O)ccc3c2cc(F)c[n+]3[O-])CC1. The van der Waals surface area contributed by atoms with Crippen LogP contribution in [0.15, 0.2) is 58.4 Å². The Morgan fingerprint density at radius 2 is 1.19 bits per heavy atom. The smallest absolute Gasteiger partial charge is 0.407 e. The Morgan fingerprint density at radius 1 is 0.792 bits per heavy atom. The van der Waals surface area contributed by atoms with Gasteiger partial charge in [0.05, 0.1) is 0 Å². The summed E-state index contributed by atoms with van der Waals surface area (Å²) in [4.78, 5) is 42.0. The zero-order chi connectivity index (χ0) is 37.0. The van der Waals surface area contributed by atoms with Crippen LogP contribution in [0.25, 0.3) is 22.1 Å². The molecule has 0 bridgehead atoms. The van der Waals surface area contributed by atoms with Gasteiger partial charge in [-0.1, -0.05) is 0 Å². The molecule has 18 heteroatoms. The number of fused-ring (bicyclic) bond motifs is 2. The first-order valence-electron chi connectivity index (χ1n) is 17.2. The van der Waals surface area contributed by atoms with Crippen molar-refractivity contribution in [1.29, 1.82) is 0 Å². The van der Waals surface area contributed by atoms with Crippen molar-refractivity contribution in [3.63, 3.8) is 0 Å². The molecular weight excluding hydrogens is 737 g/mol. The highest BCUT2D eigenvalue weighted by molar-refractivity contribution is 5.85. The number of rotatable bonds is 7. The number of hydrogen-bond acceptors (Lipinski definition) is 8. The van der Waals surface area contributed by atoms with Gasteiger partial charge in [0.1, 0.15) is 11.0 Å². The van der Waals surface area contributed by atoms with E-state index in [1.807, 2.05) is 20.8 Å². The first kappa shape index (κ1) is 43.3. The molecule has 4 aromatic rings. The fraction of sp³-hybridized carbons (Fsp3) is 0.514. The van der Waals surface area contributed by atoms with Gasteiger partial charge in [0.15, 0.2) is 11.6 Å². The molecule has 0 atom stereocenters. The number of carbonyl (C=O) groups is 1. The molecule has 0 aromatic carbocycles. The third-order valence-corrected chi connectivity index (χ3v) is 9.67. The summed E-state index contributed by atoms with van der Waals surface area (Å²) in [5, 5.41) is 33.2. The highest BCUT2D eigenvalue weighted by Crippen LogP contribution is 2.25. The summed E-state index contributed by atoms with van der Waals surface area (Å²) in [5.74, 6) is -1.34. The number of piperidine rings is 2. The lowest BCUT2D eigenvalue weighted by Crippen LogP contribution is -2.54. The van der Waals surface area contributed by atoms with Gasteiger partial charge in [-0.15, -0.1) is 24.8 Å².